The third kappa shape index (κ3) is 3.41. The topological polar surface area (TPSA) is 17.1 Å². The fraction of sp³-hybridized carbons (Fsp3) is 0.105. The van der Waals surface area contributed by atoms with Crippen molar-refractivity contribution >= 4 is 57.8 Å². The molecule has 0 saturated heterocycles. The van der Waals surface area contributed by atoms with Crippen molar-refractivity contribution in [2.45, 2.75) is 9.71 Å². The summed E-state index contributed by atoms with van der Waals surface area (Å²) in [5, 5.41) is 0.280. The van der Waals surface area contributed by atoms with Gasteiger partial charge in [0, 0.05) is 16.2 Å². The van der Waals surface area contributed by atoms with Gasteiger partial charge in [0.05, 0.1) is 5.92 Å². The number of hydrogen-bond acceptors (Lipinski definition) is 1. The third-order valence-corrected chi connectivity index (χ3v) is 4.79. The maximum atomic E-state index is 13.2. The van der Waals surface area contributed by atoms with Gasteiger partial charge in [-0.25, -0.2) is 0 Å². The molecule has 1 atom stereocenters. The second-order valence-electron chi connectivity index (χ2n) is 5.39. The number of carbonyl (C=O) groups is 1. The molecule has 0 radical (unpaired) electrons. The highest BCUT2D eigenvalue weighted by Crippen LogP contribution is 2.49. The van der Waals surface area contributed by atoms with Crippen LogP contribution in [0.2, 0.25) is 0 Å². The number of alkyl halides is 3. The Hall–Kier alpha value is -1.25. The first-order valence-electron chi connectivity index (χ1n) is 7.22. The number of allylic oxidation sites excluding steroid dienone is 4. The number of benzene rings is 2. The van der Waals surface area contributed by atoms with Crippen molar-refractivity contribution in [2.24, 2.45) is 0 Å². The van der Waals surface area contributed by atoms with E-state index < -0.39 is 9.71 Å². The summed E-state index contributed by atoms with van der Waals surface area (Å²) in [6.45, 7) is 0. The molecule has 2 aromatic rings. The standard InChI is InChI=1S/C19H12Cl4O/c20-15-11-14(12-7-3-1-4-8-12)18(24)16(17(15)19(21,22)23)13-9-5-2-6-10-13/h1-11,16H. The van der Waals surface area contributed by atoms with Gasteiger partial charge < -0.3 is 0 Å². The maximum Gasteiger partial charge on any atom is 0.214 e. The van der Waals surface area contributed by atoms with Gasteiger partial charge in [-0.15, -0.1) is 0 Å². The lowest BCUT2D eigenvalue weighted by Gasteiger charge is -2.30. The maximum absolute atomic E-state index is 13.2. The summed E-state index contributed by atoms with van der Waals surface area (Å²) in [5.74, 6) is -0.871. The van der Waals surface area contributed by atoms with E-state index in [0.29, 0.717) is 5.57 Å². The Bertz CT molecular complexity index is 817. The van der Waals surface area contributed by atoms with Crippen LogP contribution >= 0.6 is 46.4 Å². The fourth-order valence-electron chi connectivity index (χ4n) is 2.81. The highest BCUT2D eigenvalue weighted by Gasteiger charge is 2.42. The first kappa shape index (κ1) is 17.6. The Labute approximate surface area is 160 Å². The van der Waals surface area contributed by atoms with Crippen molar-refractivity contribution in [1.29, 1.82) is 0 Å². The molecule has 1 aliphatic rings. The Morgan fingerprint density at radius 3 is 1.92 bits per heavy atom. The number of ketones is 1. The van der Waals surface area contributed by atoms with Gasteiger partial charge >= 0.3 is 0 Å². The largest absolute Gasteiger partial charge is 0.293 e. The molecule has 0 bridgehead atoms. The van der Waals surface area contributed by atoms with Crippen LogP contribution < -0.4 is 0 Å². The van der Waals surface area contributed by atoms with Gasteiger partial charge in [0.25, 0.3) is 0 Å². The summed E-state index contributed by atoms with van der Waals surface area (Å²) in [7, 11) is 0. The zero-order chi connectivity index (χ0) is 17.3. The second kappa shape index (κ2) is 6.93. The van der Waals surface area contributed by atoms with Crippen molar-refractivity contribution in [3.8, 4) is 0 Å². The number of halogens is 4. The van der Waals surface area contributed by atoms with E-state index in [1.165, 1.54) is 0 Å². The molecule has 1 aliphatic carbocycles. The summed E-state index contributed by atoms with van der Waals surface area (Å²) in [6, 6.07) is 18.5. The van der Waals surface area contributed by atoms with Gasteiger partial charge in [0.2, 0.25) is 3.79 Å². The number of Topliss-reactive ketones (excluding diaryl/α,β-unsaturated/α-hetero) is 1. The Kier molecular flexibility index (Phi) is 5.08. The number of rotatable bonds is 2. The summed E-state index contributed by atoms with van der Waals surface area (Å²) in [5.41, 5.74) is 2.31. The van der Waals surface area contributed by atoms with Crippen LogP contribution in [-0.2, 0) is 4.79 Å². The normalized spacial score (nSPS) is 18.6. The lowest BCUT2D eigenvalue weighted by Crippen LogP contribution is -2.27. The highest BCUT2D eigenvalue weighted by atomic mass is 35.6. The first-order valence-corrected chi connectivity index (χ1v) is 8.74. The average Bonchev–Trinajstić information content (AvgIpc) is 2.56. The molecular weight excluding hydrogens is 386 g/mol. The summed E-state index contributed by atoms with van der Waals surface area (Å²) >= 11 is 24.8. The molecule has 0 fully saturated rings. The van der Waals surface area contributed by atoms with Crippen LogP contribution in [0.1, 0.15) is 17.0 Å². The zero-order valence-corrected chi connectivity index (χ0v) is 15.4. The molecule has 0 amide bonds. The Morgan fingerprint density at radius 1 is 0.833 bits per heavy atom. The van der Waals surface area contributed by atoms with Gasteiger partial charge in [-0.05, 0) is 17.2 Å². The summed E-state index contributed by atoms with van der Waals surface area (Å²) in [4.78, 5) is 13.2. The molecule has 2 aromatic carbocycles. The smallest absolute Gasteiger partial charge is 0.214 e. The molecule has 0 saturated carbocycles. The van der Waals surface area contributed by atoms with E-state index in [2.05, 4.69) is 0 Å². The van der Waals surface area contributed by atoms with Crippen molar-refractivity contribution < 1.29 is 4.79 Å². The molecule has 0 aliphatic heterocycles. The molecular formula is C19H12Cl4O. The molecule has 1 unspecified atom stereocenters. The van der Waals surface area contributed by atoms with Crippen molar-refractivity contribution in [3.63, 3.8) is 0 Å². The fourth-order valence-corrected chi connectivity index (χ4v) is 3.94. The SMILES string of the molecule is O=C1C(c2ccccc2)=CC(Cl)=C(C(Cl)(Cl)Cl)C1c1ccccc1. The minimum atomic E-state index is -1.77. The quantitative estimate of drug-likeness (QED) is 0.543. The van der Waals surface area contributed by atoms with Gasteiger partial charge in [0.1, 0.15) is 0 Å². The minimum Gasteiger partial charge on any atom is -0.293 e. The molecule has 3 rings (SSSR count). The van der Waals surface area contributed by atoms with E-state index in [0.717, 1.165) is 11.1 Å². The van der Waals surface area contributed by atoms with E-state index >= 15 is 0 Å². The summed E-state index contributed by atoms with van der Waals surface area (Å²) in [6.07, 6.45) is 1.58. The van der Waals surface area contributed by atoms with E-state index in [1.807, 2.05) is 60.7 Å². The van der Waals surface area contributed by atoms with Crippen LogP contribution in [0.15, 0.2) is 77.3 Å². The molecule has 0 aromatic heterocycles. The van der Waals surface area contributed by atoms with Gasteiger partial charge in [-0.1, -0.05) is 107 Å². The van der Waals surface area contributed by atoms with Crippen molar-refractivity contribution in [2.75, 3.05) is 0 Å². The Balaban J connectivity index is 2.21. The van der Waals surface area contributed by atoms with Crippen LogP contribution in [0.5, 0.6) is 0 Å². The van der Waals surface area contributed by atoms with Crippen LogP contribution in [0.25, 0.3) is 5.57 Å². The zero-order valence-electron chi connectivity index (χ0n) is 12.3. The molecule has 0 spiro atoms. The molecule has 5 heteroatoms. The first-order chi connectivity index (χ1) is 11.4. The predicted molar refractivity (Wildman–Crippen MR) is 102 cm³/mol. The molecule has 0 heterocycles. The third-order valence-electron chi connectivity index (χ3n) is 3.87. The van der Waals surface area contributed by atoms with E-state index in [-0.39, 0.29) is 16.4 Å². The highest BCUT2D eigenvalue weighted by molar-refractivity contribution is 6.70. The molecule has 1 nitrogen and oxygen atoms in total. The molecule has 0 N–H and O–H groups in total. The molecule has 24 heavy (non-hydrogen) atoms. The van der Waals surface area contributed by atoms with Crippen LogP contribution in [0, 0.1) is 0 Å². The van der Waals surface area contributed by atoms with Gasteiger partial charge in [-0.2, -0.15) is 0 Å². The van der Waals surface area contributed by atoms with Crippen LogP contribution in [-0.4, -0.2) is 9.58 Å². The summed E-state index contributed by atoms with van der Waals surface area (Å²) < 4.78 is -1.77. The monoisotopic (exact) mass is 396 g/mol. The van der Waals surface area contributed by atoms with Gasteiger partial charge in [0.15, 0.2) is 5.78 Å². The lowest BCUT2D eigenvalue weighted by atomic mass is 9.79. The van der Waals surface area contributed by atoms with E-state index in [4.69, 9.17) is 46.4 Å². The van der Waals surface area contributed by atoms with Crippen LogP contribution in [0.3, 0.4) is 0 Å². The van der Waals surface area contributed by atoms with Crippen molar-refractivity contribution in [1.82, 2.24) is 0 Å². The Morgan fingerprint density at radius 2 is 1.38 bits per heavy atom. The van der Waals surface area contributed by atoms with E-state index in [9.17, 15) is 4.79 Å². The second-order valence-corrected chi connectivity index (χ2v) is 8.08. The van der Waals surface area contributed by atoms with Crippen molar-refractivity contribution in [3.05, 3.63) is 88.5 Å². The number of carbonyl (C=O) groups excluding carboxylic acids is 1. The van der Waals surface area contributed by atoms with E-state index in [1.54, 1.807) is 6.08 Å². The number of hydrogen-bond donors (Lipinski definition) is 0. The van der Waals surface area contributed by atoms with Crippen LogP contribution in [0.4, 0.5) is 0 Å². The average molecular weight is 398 g/mol. The molecule has 122 valence electrons. The lowest BCUT2D eigenvalue weighted by molar-refractivity contribution is -0.114. The minimum absolute atomic E-state index is 0.141. The van der Waals surface area contributed by atoms with Gasteiger partial charge in [-0.3, -0.25) is 4.79 Å². The predicted octanol–water partition coefficient (Wildman–Crippen LogP) is 6.30.